The lowest BCUT2D eigenvalue weighted by molar-refractivity contribution is -0.134. The fourth-order valence-corrected chi connectivity index (χ4v) is 4.66. The molecule has 1 saturated heterocycles. The van der Waals surface area contributed by atoms with Crippen LogP contribution >= 0.6 is 0 Å². The van der Waals surface area contributed by atoms with Crippen molar-refractivity contribution in [2.75, 3.05) is 39.9 Å². The van der Waals surface area contributed by atoms with Crippen LogP contribution in [0.2, 0.25) is 0 Å². The molecule has 1 heterocycles. The number of sulfonamides is 1. The summed E-state index contributed by atoms with van der Waals surface area (Å²) in [6.07, 6.45) is 0.826. The molecule has 1 fully saturated rings. The van der Waals surface area contributed by atoms with E-state index in [1.54, 1.807) is 17.0 Å². The molecule has 0 spiro atoms. The summed E-state index contributed by atoms with van der Waals surface area (Å²) in [4.78, 5) is 14.4. The number of aryl methyl sites for hydroxylation is 1. The third kappa shape index (κ3) is 4.89. The minimum absolute atomic E-state index is 0.0533. The second kappa shape index (κ2) is 9.28. The molecule has 0 N–H and O–H groups in total. The van der Waals surface area contributed by atoms with Crippen molar-refractivity contribution < 1.29 is 22.7 Å². The zero-order valence-electron chi connectivity index (χ0n) is 16.7. The highest BCUT2D eigenvalue weighted by atomic mass is 32.2. The van der Waals surface area contributed by atoms with Crippen LogP contribution in [0.25, 0.3) is 0 Å². The van der Waals surface area contributed by atoms with E-state index in [9.17, 15) is 13.2 Å². The Morgan fingerprint density at radius 1 is 1.00 bits per heavy atom. The number of carbonyl (C=O) groups excluding carboxylic acids is 1. The molecule has 8 heteroatoms. The van der Waals surface area contributed by atoms with E-state index in [4.69, 9.17) is 9.47 Å². The molecular weight excluding hydrogens is 392 g/mol. The SMILES string of the molecule is CCc1ccccc1OCC(=O)N1CCN(S(=O)(=O)c2ccc(OC)cc2)CC1. The zero-order valence-corrected chi connectivity index (χ0v) is 17.5. The van der Waals surface area contributed by atoms with Gasteiger partial charge in [-0.3, -0.25) is 4.79 Å². The first-order chi connectivity index (χ1) is 14.0. The molecular formula is C21H26N2O5S. The first-order valence-corrected chi connectivity index (χ1v) is 11.0. The number of methoxy groups -OCH3 is 1. The van der Waals surface area contributed by atoms with Crippen molar-refractivity contribution >= 4 is 15.9 Å². The second-order valence-electron chi connectivity index (χ2n) is 6.71. The quantitative estimate of drug-likeness (QED) is 0.689. The molecule has 1 aliphatic heterocycles. The summed E-state index contributed by atoms with van der Waals surface area (Å²) in [7, 11) is -2.06. The summed E-state index contributed by atoms with van der Waals surface area (Å²) in [6, 6.07) is 14.0. The number of amides is 1. The number of rotatable bonds is 7. The highest BCUT2D eigenvalue weighted by molar-refractivity contribution is 7.89. The fraction of sp³-hybridized carbons (Fsp3) is 0.381. The lowest BCUT2D eigenvalue weighted by Gasteiger charge is -2.34. The lowest BCUT2D eigenvalue weighted by Crippen LogP contribution is -2.51. The van der Waals surface area contributed by atoms with Gasteiger partial charge in [0.05, 0.1) is 12.0 Å². The van der Waals surface area contributed by atoms with E-state index in [2.05, 4.69) is 0 Å². The normalized spacial score (nSPS) is 15.2. The van der Waals surface area contributed by atoms with Gasteiger partial charge in [0.15, 0.2) is 6.61 Å². The smallest absolute Gasteiger partial charge is 0.260 e. The van der Waals surface area contributed by atoms with E-state index in [-0.39, 0.29) is 30.5 Å². The first kappa shape index (κ1) is 21.1. The molecule has 0 bridgehead atoms. The molecule has 1 aliphatic rings. The van der Waals surface area contributed by atoms with Crippen LogP contribution in [-0.4, -0.2) is 63.4 Å². The number of hydrogen-bond donors (Lipinski definition) is 0. The van der Waals surface area contributed by atoms with E-state index in [0.717, 1.165) is 12.0 Å². The largest absolute Gasteiger partial charge is 0.497 e. The number of para-hydroxylation sites is 1. The average molecular weight is 419 g/mol. The van der Waals surface area contributed by atoms with Crippen LogP contribution in [0.1, 0.15) is 12.5 Å². The van der Waals surface area contributed by atoms with E-state index in [0.29, 0.717) is 24.6 Å². The molecule has 156 valence electrons. The number of nitrogens with zero attached hydrogens (tertiary/aromatic N) is 2. The number of carbonyl (C=O) groups is 1. The van der Waals surface area contributed by atoms with Crippen LogP contribution in [0.5, 0.6) is 11.5 Å². The Bertz CT molecular complexity index is 936. The number of piperazine rings is 1. The predicted molar refractivity (Wildman–Crippen MR) is 110 cm³/mol. The van der Waals surface area contributed by atoms with Crippen molar-refractivity contribution in [1.82, 2.24) is 9.21 Å². The molecule has 0 saturated carbocycles. The van der Waals surface area contributed by atoms with Gasteiger partial charge in [-0.05, 0) is 42.3 Å². The zero-order chi connectivity index (χ0) is 20.9. The molecule has 3 rings (SSSR count). The van der Waals surface area contributed by atoms with Crippen LogP contribution in [0.4, 0.5) is 0 Å². The molecule has 2 aromatic carbocycles. The molecule has 0 aliphatic carbocycles. The van der Waals surface area contributed by atoms with Crippen molar-refractivity contribution in [2.45, 2.75) is 18.2 Å². The highest BCUT2D eigenvalue weighted by Gasteiger charge is 2.30. The third-order valence-electron chi connectivity index (χ3n) is 4.99. The predicted octanol–water partition coefficient (Wildman–Crippen LogP) is 2.17. The molecule has 0 unspecified atom stereocenters. The summed E-state index contributed by atoms with van der Waals surface area (Å²) >= 11 is 0. The van der Waals surface area contributed by atoms with E-state index < -0.39 is 10.0 Å². The summed E-state index contributed by atoms with van der Waals surface area (Å²) in [5, 5.41) is 0. The first-order valence-electron chi connectivity index (χ1n) is 9.58. The van der Waals surface area contributed by atoms with Crippen molar-refractivity contribution in [1.29, 1.82) is 0 Å². The topological polar surface area (TPSA) is 76.2 Å². The molecule has 2 aromatic rings. The van der Waals surface area contributed by atoms with Gasteiger partial charge in [0, 0.05) is 26.2 Å². The van der Waals surface area contributed by atoms with Crippen molar-refractivity contribution in [3.63, 3.8) is 0 Å². The van der Waals surface area contributed by atoms with Gasteiger partial charge in [0.25, 0.3) is 5.91 Å². The summed E-state index contributed by atoms with van der Waals surface area (Å²) in [5.41, 5.74) is 1.05. The molecule has 0 aromatic heterocycles. The fourth-order valence-electron chi connectivity index (χ4n) is 3.24. The summed E-state index contributed by atoms with van der Waals surface area (Å²) in [5.74, 6) is 1.17. The van der Waals surface area contributed by atoms with Gasteiger partial charge in [-0.2, -0.15) is 4.31 Å². The highest BCUT2D eigenvalue weighted by Crippen LogP contribution is 2.21. The van der Waals surface area contributed by atoms with Crippen molar-refractivity contribution in [3.8, 4) is 11.5 Å². The van der Waals surface area contributed by atoms with Crippen LogP contribution in [0, 0.1) is 0 Å². The maximum Gasteiger partial charge on any atom is 0.260 e. The van der Waals surface area contributed by atoms with Gasteiger partial charge >= 0.3 is 0 Å². The maximum atomic E-state index is 12.8. The number of benzene rings is 2. The summed E-state index contributed by atoms with van der Waals surface area (Å²) in [6.45, 7) is 3.17. The van der Waals surface area contributed by atoms with Gasteiger partial charge in [-0.1, -0.05) is 25.1 Å². The molecule has 0 radical (unpaired) electrons. The van der Waals surface area contributed by atoms with Crippen LogP contribution in [-0.2, 0) is 21.2 Å². The van der Waals surface area contributed by atoms with Crippen LogP contribution < -0.4 is 9.47 Å². The molecule has 7 nitrogen and oxygen atoms in total. The Balaban J connectivity index is 1.56. The van der Waals surface area contributed by atoms with Gasteiger partial charge < -0.3 is 14.4 Å². The molecule has 1 amide bonds. The van der Waals surface area contributed by atoms with E-state index >= 15 is 0 Å². The minimum Gasteiger partial charge on any atom is -0.497 e. The second-order valence-corrected chi connectivity index (χ2v) is 8.65. The monoisotopic (exact) mass is 418 g/mol. The Morgan fingerprint density at radius 3 is 2.28 bits per heavy atom. The third-order valence-corrected chi connectivity index (χ3v) is 6.91. The molecule has 0 atom stereocenters. The Kier molecular flexibility index (Phi) is 6.76. The van der Waals surface area contributed by atoms with Gasteiger partial charge in [0.2, 0.25) is 10.0 Å². The van der Waals surface area contributed by atoms with E-state index in [1.807, 2.05) is 31.2 Å². The molecule has 29 heavy (non-hydrogen) atoms. The van der Waals surface area contributed by atoms with Crippen LogP contribution in [0.3, 0.4) is 0 Å². The van der Waals surface area contributed by atoms with Gasteiger partial charge in [-0.25, -0.2) is 8.42 Å². The number of ether oxygens (including phenoxy) is 2. The Morgan fingerprint density at radius 2 is 1.66 bits per heavy atom. The Labute approximate surface area is 171 Å². The van der Waals surface area contributed by atoms with Crippen molar-refractivity contribution in [3.05, 3.63) is 54.1 Å². The van der Waals surface area contributed by atoms with Gasteiger partial charge in [0.1, 0.15) is 11.5 Å². The summed E-state index contributed by atoms with van der Waals surface area (Å²) < 4.78 is 37.8. The Hall–Kier alpha value is -2.58. The van der Waals surface area contributed by atoms with Crippen LogP contribution in [0.15, 0.2) is 53.4 Å². The van der Waals surface area contributed by atoms with Gasteiger partial charge in [-0.15, -0.1) is 0 Å². The minimum atomic E-state index is -3.59. The standard InChI is InChI=1S/C21H26N2O5S/c1-3-17-6-4-5-7-20(17)28-16-21(24)22-12-14-23(15-13-22)29(25,26)19-10-8-18(27-2)9-11-19/h4-11H,3,12-16H2,1-2H3. The van der Waals surface area contributed by atoms with Crippen molar-refractivity contribution in [2.24, 2.45) is 0 Å². The average Bonchev–Trinajstić information content (AvgIpc) is 2.77. The number of hydrogen-bond acceptors (Lipinski definition) is 5. The maximum absolute atomic E-state index is 12.8. The lowest BCUT2D eigenvalue weighted by atomic mass is 10.1. The van der Waals surface area contributed by atoms with E-state index in [1.165, 1.54) is 23.5 Å².